The molecule has 3 heterocycles. The molecule has 2 aromatic heterocycles. The van der Waals surface area contributed by atoms with Gasteiger partial charge in [-0.05, 0) is 41.3 Å². The van der Waals surface area contributed by atoms with Crippen molar-refractivity contribution < 1.29 is 9.53 Å². The van der Waals surface area contributed by atoms with Crippen LogP contribution in [0, 0.1) is 0 Å². The maximum Gasteiger partial charge on any atom is 0.269 e. The van der Waals surface area contributed by atoms with Crippen LogP contribution in [-0.4, -0.2) is 19.6 Å². The monoisotopic (exact) mass is 437 g/mol. The molecular formula is C22H19N3O3S2. The van der Waals surface area contributed by atoms with Gasteiger partial charge >= 0.3 is 0 Å². The van der Waals surface area contributed by atoms with Crippen molar-refractivity contribution in [1.82, 2.24) is 14.7 Å². The minimum Gasteiger partial charge on any atom is -0.438 e. The maximum absolute atomic E-state index is 13.1. The van der Waals surface area contributed by atoms with Gasteiger partial charge in [-0.3, -0.25) is 14.0 Å². The fourth-order valence-electron chi connectivity index (χ4n) is 2.97. The zero-order chi connectivity index (χ0) is 21.5. The fourth-order valence-corrected chi connectivity index (χ4v) is 4.00. The van der Waals surface area contributed by atoms with E-state index in [1.54, 1.807) is 24.4 Å². The molecule has 1 N–H and O–H groups in total. The standard InChI is InChI=1S/C22H19N3O3S2/c1-22(2,3)13-7-9-14(10-8-13)28-19-15(12-16-18(26)24-21(29)30-16)20(27)25-11-5-4-6-17(25)23-19/h4-12H,1-3H3,(H,24,26,29). The zero-order valence-electron chi connectivity index (χ0n) is 16.6. The molecule has 8 heteroatoms. The number of ether oxygens (including phenoxy) is 1. The summed E-state index contributed by atoms with van der Waals surface area (Å²) in [5, 5.41) is 2.55. The first-order valence-electron chi connectivity index (χ1n) is 9.27. The fraction of sp³-hybridized carbons (Fsp3) is 0.182. The molecule has 0 saturated carbocycles. The van der Waals surface area contributed by atoms with Crippen LogP contribution < -0.4 is 15.6 Å². The van der Waals surface area contributed by atoms with Gasteiger partial charge < -0.3 is 10.1 Å². The van der Waals surface area contributed by atoms with Crippen molar-refractivity contribution >= 4 is 45.9 Å². The number of nitrogens with one attached hydrogen (secondary N) is 1. The molecular weight excluding hydrogens is 418 g/mol. The summed E-state index contributed by atoms with van der Waals surface area (Å²) in [4.78, 5) is 30.1. The number of amides is 1. The van der Waals surface area contributed by atoms with Gasteiger partial charge in [-0.25, -0.2) is 0 Å². The third-order valence-electron chi connectivity index (χ3n) is 4.59. The molecule has 30 heavy (non-hydrogen) atoms. The summed E-state index contributed by atoms with van der Waals surface area (Å²) in [6.45, 7) is 6.40. The summed E-state index contributed by atoms with van der Waals surface area (Å²) in [5.41, 5.74) is 1.47. The number of carbonyl (C=O) groups is 1. The number of benzene rings is 1. The summed E-state index contributed by atoms with van der Waals surface area (Å²) in [5.74, 6) is 0.338. The van der Waals surface area contributed by atoms with Gasteiger partial charge in [-0.2, -0.15) is 4.98 Å². The van der Waals surface area contributed by atoms with E-state index in [9.17, 15) is 9.59 Å². The van der Waals surface area contributed by atoms with Crippen LogP contribution in [0.15, 0.2) is 58.4 Å². The lowest BCUT2D eigenvalue weighted by molar-refractivity contribution is -0.115. The molecule has 0 spiro atoms. The van der Waals surface area contributed by atoms with E-state index in [2.05, 4.69) is 31.1 Å². The molecule has 1 aromatic carbocycles. The highest BCUT2D eigenvalue weighted by Crippen LogP contribution is 2.30. The highest BCUT2D eigenvalue weighted by Gasteiger charge is 2.24. The van der Waals surface area contributed by atoms with Gasteiger partial charge in [0.2, 0.25) is 5.88 Å². The van der Waals surface area contributed by atoms with Crippen LogP contribution in [-0.2, 0) is 10.2 Å². The lowest BCUT2D eigenvalue weighted by atomic mass is 9.87. The Bertz CT molecular complexity index is 1260. The van der Waals surface area contributed by atoms with Crippen LogP contribution >= 0.6 is 24.0 Å². The SMILES string of the molecule is CC(C)(C)c1ccc(Oc2nc3ccccn3c(=O)c2C=C2SC(=S)NC2=O)cc1. The zero-order valence-corrected chi connectivity index (χ0v) is 18.3. The Morgan fingerprint density at radius 2 is 1.87 bits per heavy atom. The van der Waals surface area contributed by atoms with Gasteiger partial charge in [0.25, 0.3) is 11.5 Å². The molecule has 0 atom stereocenters. The Kier molecular flexibility index (Phi) is 5.21. The molecule has 0 radical (unpaired) electrons. The molecule has 1 amide bonds. The smallest absolute Gasteiger partial charge is 0.269 e. The van der Waals surface area contributed by atoms with E-state index in [0.717, 1.165) is 17.3 Å². The van der Waals surface area contributed by atoms with Crippen LogP contribution in [0.1, 0.15) is 31.9 Å². The summed E-state index contributed by atoms with van der Waals surface area (Å²) in [6.07, 6.45) is 3.11. The maximum atomic E-state index is 13.1. The Hall–Kier alpha value is -2.97. The Morgan fingerprint density at radius 3 is 2.50 bits per heavy atom. The van der Waals surface area contributed by atoms with Crippen molar-refractivity contribution in [2.45, 2.75) is 26.2 Å². The van der Waals surface area contributed by atoms with Crippen molar-refractivity contribution in [3.63, 3.8) is 0 Å². The van der Waals surface area contributed by atoms with E-state index in [0.29, 0.717) is 20.6 Å². The number of aromatic nitrogens is 2. The van der Waals surface area contributed by atoms with E-state index in [4.69, 9.17) is 17.0 Å². The number of nitrogens with zero attached hydrogens (tertiary/aromatic N) is 2. The predicted molar refractivity (Wildman–Crippen MR) is 123 cm³/mol. The first-order chi connectivity index (χ1) is 14.2. The van der Waals surface area contributed by atoms with Crippen molar-refractivity contribution in [3.8, 4) is 11.6 Å². The van der Waals surface area contributed by atoms with Crippen LogP contribution in [0.5, 0.6) is 11.6 Å². The third kappa shape index (κ3) is 4.01. The van der Waals surface area contributed by atoms with Gasteiger partial charge in [0.15, 0.2) is 0 Å². The number of thioether (sulfide) groups is 1. The van der Waals surface area contributed by atoms with E-state index in [1.165, 1.54) is 10.5 Å². The first kappa shape index (κ1) is 20.3. The van der Waals surface area contributed by atoms with Gasteiger partial charge in [0.05, 0.1) is 4.91 Å². The molecule has 0 bridgehead atoms. The van der Waals surface area contributed by atoms with Crippen LogP contribution in [0.25, 0.3) is 11.7 Å². The van der Waals surface area contributed by atoms with Crippen molar-refractivity contribution in [2.75, 3.05) is 0 Å². The van der Waals surface area contributed by atoms with Gasteiger partial charge in [-0.1, -0.05) is 63.0 Å². The first-order valence-corrected chi connectivity index (χ1v) is 10.5. The van der Waals surface area contributed by atoms with Crippen LogP contribution in [0.4, 0.5) is 0 Å². The summed E-state index contributed by atoms with van der Waals surface area (Å²) in [6, 6.07) is 12.9. The van der Waals surface area contributed by atoms with E-state index >= 15 is 0 Å². The predicted octanol–water partition coefficient (Wildman–Crippen LogP) is 4.27. The molecule has 3 aromatic rings. The number of carbonyl (C=O) groups excluding carboxylic acids is 1. The average Bonchev–Trinajstić information content (AvgIpc) is 3.01. The summed E-state index contributed by atoms with van der Waals surface area (Å²) >= 11 is 6.14. The highest BCUT2D eigenvalue weighted by molar-refractivity contribution is 8.26. The number of pyridine rings is 1. The number of hydrogen-bond donors (Lipinski definition) is 1. The highest BCUT2D eigenvalue weighted by atomic mass is 32.2. The number of fused-ring (bicyclic) bond motifs is 1. The van der Waals surface area contributed by atoms with Gasteiger partial charge in [-0.15, -0.1) is 0 Å². The Balaban J connectivity index is 1.82. The average molecular weight is 438 g/mol. The van der Waals surface area contributed by atoms with E-state index in [-0.39, 0.29) is 28.3 Å². The minimum absolute atomic E-state index is 0.0135. The van der Waals surface area contributed by atoms with E-state index < -0.39 is 0 Å². The number of rotatable bonds is 3. The minimum atomic E-state index is -0.344. The summed E-state index contributed by atoms with van der Waals surface area (Å²) in [7, 11) is 0. The normalized spacial score (nSPS) is 15.6. The third-order valence-corrected chi connectivity index (χ3v) is 5.75. The molecule has 152 valence electrons. The number of thiocarbonyl (C=S) groups is 1. The largest absolute Gasteiger partial charge is 0.438 e. The molecule has 1 aliphatic rings. The Labute approximate surface area is 183 Å². The molecule has 6 nitrogen and oxygen atoms in total. The lowest BCUT2D eigenvalue weighted by Gasteiger charge is -2.19. The van der Waals surface area contributed by atoms with Crippen molar-refractivity contribution in [3.05, 3.63) is 75.0 Å². The molecule has 4 rings (SSSR count). The molecule has 1 fully saturated rings. The second-order valence-electron chi connectivity index (χ2n) is 7.79. The Morgan fingerprint density at radius 1 is 1.13 bits per heavy atom. The molecule has 1 saturated heterocycles. The van der Waals surface area contributed by atoms with Crippen LogP contribution in [0.3, 0.4) is 0 Å². The van der Waals surface area contributed by atoms with Crippen LogP contribution in [0.2, 0.25) is 0 Å². The topological polar surface area (TPSA) is 72.7 Å². The molecule has 0 aliphatic carbocycles. The van der Waals surface area contributed by atoms with Crippen molar-refractivity contribution in [1.29, 1.82) is 0 Å². The number of hydrogen-bond acceptors (Lipinski definition) is 6. The van der Waals surface area contributed by atoms with Crippen molar-refractivity contribution in [2.24, 2.45) is 0 Å². The molecule has 0 unspecified atom stereocenters. The second-order valence-corrected chi connectivity index (χ2v) is 9.51. The van der Waals surface area contributed by atoms with E-state index in [1.807, 2.05) is 24.3 Å². The quantitative estimate of drug-likeness (QED) is 0.487. The van der Waals surface area contributed by atoms with Gasteiger partial charge in [0.1, 0.15) is 21.3 Å². The van der Waals surface area contributed by atoms with Gasteiger partial charge in [0, 0.05) is 6.20 Å². The summed E-state index contributed by atoms with van der Waals surface area (Å²) < 4.78 is 7.76. The lowest BCUT2D eigenvalue weighted by Crippen LogP contribution is -2.20. The molecule has 1 aliphatic heterocycles. The second kappa shape index (κ2) is 7.70.